The average Bonchev–Trinajstić information content (AvgIpc) is 3.09. The van der Waals surface area contributed by atoms with E-state index < -0.39 is 0 Å². The van der Waals surface area contributed by atoms with E-state index in [1.54, 1.807) is 11.3 Å². The van der Waals surface area contributed by atoms with Gasteiger partial charge < -0.3 is 5.32 Å². The number of aromatic nitrogens is 3. The molecule has 0 aliphatic heterocycles. The van der Waals surface area contributed by atoms with Crippen molar-refractivity contribution in [3.05, 3.63) is 46.7 Å². The van der Waals surface area contributed by atoms with Crippen LogP contribution in [0.3, 0.4) is 0 Å². The Labute approximate surface area is 128 Å². The van der Waals surface area contributed by atoms with E-state index >= 15 is 0 Å². The molecule has 0 aliphatic rings. The summed E-state index contributed by atoms with van der Waals surface area (Å²) < 4.78 is 3.14. The Morgan fingerprint density at radius 3 is 3.10 bits per heavy atom. The van der Waals surface area contributed by atoms with Crippen LogP contribution >= 0.6 is 11.3 Å². The van der Waals surface area contributed by atoms with E-state index in [0.717, 1.165) is 18.5 Å². The molecular formula is C16H20N4S. The highest BCUT2D eigenvalue weighted by Crippen LogP contribution is 2.23. The molecule has 3 heterocycles. The summed E-state index contributed by atoms with van der Waals surface area (Å²) >= 11 is 1.74. The summed E-state index contributed by atoms with van der Waals surface area (Å²) in [4.78, 5) is 4.51. The van der Waals surface area contributed by atoms with Gasteiger partial charge in [0.25, 0.3) is 0 Å². The van der Waals surface area contributed by atoms with E-state index in [-0.39, 0.29) is 6.04 Å². The topological polar surface area (TPSA) is 42.7 Å². The van der Waals surface area contributed by atoms with Gasteiger partial charge in [-0.1, -0.05) is 6.92 Å². The lowest BCUT2D eigenvalue weighted by Crippen LogP contribution is -2.18. The minimum absolute atomic E-state index is 0.272. The zero-order valence-corrected chi connectivity index (χ0v) is 13.4. The van der Waals surface area contributed by atoms with E-state index in [9.17, 15) is 0 Å². The highest BCUT2D eigenvalue weighted by atomic mass is 32.1. The third-order valence-electron chi connectivity index (χ3n) is 3.75. The number of pyridine rings is 1. The molecule has 3 rings (SSSR count). The predicted molar refractivity (Wildman–Crippen MR) is 87.5 cm³/mol. The fourth-order valence-corrected chi connectivity index (χ4v) is 3.30. The number of aryl methyl sites for hydroxylation is 2. The minimum Gasteiger partial charge on any atom is -0.306 e. The third kappa shape index (κ3) is 2.99. The number of nitrogens with zero attached hydrogens (tertiary/aromatic N) is 3. The summed E-state index contributed by atoms with van der Waals surface area (Å²) in [5, 5.41) is 10.1. The number of hydrogen-bond donors (Lipinski definition) is 1. The van der Waals surface area contributed by atoms with E-state index in [2.05, 4.69) is 53.0 Å². The van der Waals surface area contributed by atoms with Gasteiger partial charge in [0.05, 0.1) is 15.9 Å². The Kier molecular flexibility index (Phi) is 4.03. The second-order valence-corrected chi connectivity index (χ2v) is 6.25. The van der Waals surface area contributed by atoms with Crippen molar-refractivity contribution in [2.45, 2.75) is 32.9 Å². The molecule has 0 amide bonds. The van der Waals surface area contributed by atoms with Crippen LogP contribution in [0.15, 0.2) is 29.9 Å². The molecule has 1 unspecified atom stereocenters. The molecule has 0 bridgehead atoms. The second-order valence-electron chi connectivity index (χ2n) is 5.30. The first kappa shape index (κ1) is 14.2. The largest absolute Gasteiger partial charge is 0.306 e. The lowest BCUT2D eigenvalue weighted by atomic mass is 10.1. The maximum Gasteiger partial charge on any atom is 0.0809 e. The lowest BCUT2D eigenvalue weighted by molar-refractivity contribution is 0.571. The molecule has 4 nitrogen and oxygen atoms in total. The van der Waals surface area contributed by atoms with Crippen LogP contribution in [0.5, 0.6) is 0 Å². The first-order valence-corrected chi connectivity index (χ1v) is 8.13. The number of rotatable bonds is 5. The smallest absolute Gasteiger partial charge is 0.0809 e. The first-order chi connectivity index (χ1) is 10.2. The fourth-order valence-electron chi connectivity index (χ4n) is 2.51. The number of hydrogen-bond acceptors (Lipinski definition) is 4. The van der Waals surface area contributed by atoms with Crippen molar-refractivity contribution in [1.29, 1.82) is 0 Å². The van der Waals surface area contributed by atoms with E-state index in [1.807, 2.05) is 17.9 Å². The molecule has 0 fully saturated rings. The Bertz CT molecular complexity index is 744. The van der Waals surface area contributed by atoms with Gasteiger partial charge in [-0.2, -0.15) is 5.10 Å². The highest BCUT2D eigenvalue weighted by Gasteiger charge is 2.10. The molecule has 1 atom stereocenters. The van der Waals surface area contributed by atoms with Gasteiger partial charge in [0.1, 0.15) is 0 Å². The van der Waals surface area contributed by atoms with Crippen LogP contribution in [0.2, 0.25) is 0 Å². The molecule has 0 spiro atoms. The maximum atomic E-state index is 4.51. The molecule has 0 saturated carbocycles. The Morgan fingerprint density at radius 1 is 1.43 bits per heavy atom. The van der Waals surface area contributed by atoms with Crippen molar-refractivity contribution >= 4 is 21.6 Å². The van der Waals surface area contributed by atoms with Crippen LogP contribution in [0.4, 0.5) is 0 Å². The van der Waals surface area contributed by atoms with Gasteiger partial charge in [-0.05, 0) is 36.4 Å². The Hall–Kier alpha value is -1.72. The van der Waals surface area contributed by atoms with Crippen molar-refractivity contribution < 1.29 is 0 Å². The Morgan fingerprint density at radius 2 is 2.29 bits per heavy atom. The van der Waals surface area contributed by atoms with E-state index in [1.165, 1.54) is 21.5 Å². The maximum absolute atomic E-state index is 4.51. The second kappa shape index (κ2) is 5.95. The summed E-state index contributed by atoms with van der Waals surface area (Å²) in [7, 11) is 1.97. The molecule has 3 aromatic rings. The molecule has 21 heavy (non-hydrogen) atoms. The van der Waals surface area contributed by atoms with Crippen molar-refractivity contribution in [3.8, 4) is 0 Å². The molecule has 0 aromatic carbocycles. The summed E-state index contributed by atoms with van der Waals surface area (Å²) in [6, 6.07) is 4.56. The van der Waals surface area contributed by atoms with Gasteiger partial charge in [0, 0.05) is 37.6 Å². The van der Waals surface area contributed by atoms with Crippen molar-refractivity contribution in [1.82, 2.24) is 20.1 Å². The van der Waals surface area contributed by atoms with Gasteiger partial charge in [-0.3, -0.25) is 9.67 Å². The molecule has 3 aromatic heterocycles. The fraction of sp³-hybridized carbons (Fsp3) is 0.375. The monoisotopic (exact) mass is 300 g/mol. The summed E-state index contributed by atoms with van der Waals surface area (Å²) in [5.74, 6) is 0. The molecule has 0 saturated heterocycles. The van der Waals surface area contributed by atoms with Crippen molar-refractivity contribution in [3.63, 3.8) is 0 Å². The van der Waals surface area contributed by atoms with Crippen molar-refractivity contribution in [2.75, 3.05) is 0 Å². The van der Waals surface area contributed by atoms with E-state index in [4.69, 9.17) is 0 Å². The third-order valence-corrected chi connectivity index (χ3v) is 4.60. The number of thiophene rings is 1. The molecule has 110 valence electrons. The lowest BCUT2D eigenvalue weighted by Gasteiger charge is -2.13. The standard InChI is InChI=1S/C16H20N4S/c1-4-14-13(10-20(3)19-14)9-17-11(2)12-7-16-15(18-8-12)5-6-21-16/h5-8,10-11,17H,4,9H2,1-3H3. The molecular weight excluding hydrogens is 280 g/mol. The minimum atomic E-state index is 0.272. The van der Waals surface area contributed by atoms with Crippen LogP contribution in [0, 0.1) is 0 Å². The van der Waals surface area contributed by atoms with Crippen molar-refractivity contribution in [2.24, 2.45) is 7.05 Å². The quantitative estimate of drug-likeness (QED) is 0.785. The SMILES string of the molecule is CCc1nn(C)cc1CNC(C)c1cnc2ccsc2c1. The van der Waals surface area contributed by atoms with E-state index in [0.29, 0.717) is 0 Å². The molecule has 0 radical (unpaired) electrons. The van der Waals surface area contributed by atoms with Crippen LogP contribution in [0.25, 0.3) is 10.2 Å². The zero-order chi connectivity index (χ0) is 14.8. The van der Waals surface area contributed by atoms with Gasteiger partial charge in [0.2, 0.25) is 0 Å². The van der Waals surface area contributed by atoms with Gasteiger partial charge in [0.15, 0.2) is 0 Å². The van der Waals surface area contributed by atoms with Crippen LogP contribution in [0.1, 0.15) is 36.7 Å². The van der Waals surface area contributed by atoms with Gasteiger partial charge >= 0.3 is 0 Å². The van der Waals surface area contributed by atoms with Crippen LogP contribution < -0.4 is 5.32 Å². The number of fused-ring (bicyclic) bond motifs is 1. The summed E-state index contributed by atoms with van der Waals surface area (Å²) in [6.07, 6.45) is 5.03. The molecule has 5 heteroatoms. The summed E-state index contributed by atoms with van der Waals surface area (Å²) in [6.45, 7) is 5.16. The number of nitrogens with one attached hydrogen (secondary N) is 1. The Balaban J connectivity index is 1.71. The van der Waals surface area contributed by atoms with Crippen LogP contribution in [-0.4, -0.2) is 14.8 Å². The van der Waals surface area contributed by atoms with Gasteiger partial charge in [-0.25, -0.2) is 0 Å². The highest BCUT2D eigenvalue weighted by molar-refractivity contribution is 7.17. The predicted octanol–water partition coefficient (Wildman–Crippen LogP) is 3.44. The molecule has 0 aliphatic carbocycles. The normalized spacial score (nSPS) is 12.9. The summed E-state index contributed by atoms with van der Waals surface area (Å²) in [5.41, 5.74) is 4.75. The average molecular weight is 300 g/mol. The first-order valence-electron chi connectivity index (χ1n) is 7.25. The zero-order valence-electron chi connectivity index (χ0n) is 12.6. The van der Waals surface area contributed by atoms with Gasteiger partial charge in [-0.15, -0.1) is 11.3 Å². The van der Waals surface area contributed by atoms with Crippen LogP contribution in [-0.2, 0) is 20.0 Å². The molecule has 1 N–H and O–H groups in total.